The molecule has 0 aliphatic carbocycles. The summed E-state index contributed by atoms with van der Waals surface area (Å²) in [6, 6.07) is 14.2. The lowest BCUT2D eigenvalue weighted by atomic mass is 9.82. The topological polar surface area (TPSA) is 64.6 Å². The van der Waals surface area contributed by atoms with Crippen molar-refractivity contribution in [1.29, 1.82) is 0 Å². The highest BCUT2D eigenvalue weighted by molar-refractivity contribution is 6.31. The highest BCUT2D eigenvalue weighted by atomic mass is 35.5. The minimum Gasteiger partial charge on any atom is -0.494 e. The van der Waals surface area contributed by atoms with Gasteiger partial charge in [0, 0.05) is 37.0 Å². The van der Waals surface area contributed by atoms with Crippen molar-refractivity contribution < 1.29 is 33.2 Å². The third-order valence-corrected chi connectivity index (χ3v) is 9.21. The van der Waals surface area contributed by atoms with Gasteiger partial charge in [0.1, 0.15) is 29.7 Å². The molecule has 0 N–H and O–H groups in total. The van der Waals surface area contributed by atoms with Crippen LogP contribution in [0.25, 0.3) is 0 Å². The summed E-state index contributed by atoms with van der Waals surface area (Å²) in [6.45, 7) is 14.4. The zero-order chi connectivity index (χ0) is 32.8. The van der Waals surface area contributed by atoms with Crippen LogP contribution in [0.4, 0.5) is 0 Å². The first-order valence-electron chi connectivity index (χ1n) is 17.7. The fourth-order valence-corrected chi connectivity index (χ4v) is 6.40. The molecule has 2 bridgehead atoms. The van der Waals surface area contributed by atoms with Gasteiger partial charge in [-0.25, -0.2) is 0 Å². The van der Waals surface area contributed by atoms with Crippen LogP contribution in [0.2, 0.25) is 5.02 Å². The fraction of sp³-hybridized carbons (Fsp3) is 0.684. The van der Waals surface area contributed by atoms with Crippen LogP contribution in [0, 0.1) is 0 Å². The molecule has 2 aliphatic heterocycles. The van der Waals surface area contributed by atoms with Crippen LogP contribution < -0.4 is 4.74 Å². The quantitative estimate of drug-likeness (QED) is 0.117. The molecular formula is C38H57ClO7. The molecule has 7 nitrogen and oxygen atoms in total. The Labute approximate surface area is 282 Å². The van der Waals surface area contributed by atoms with E-state index in [1.165, 1.54) is 0 Å². The van der Waals surface area contributed by atoms with Crippen molar-refractivity contribution >= 4 is 11.6 Å². The van der Waals surface area contributed by atoms with Crippen molar-refractivity contribution in [1.82, 2.24) is 0 Å². The number of halogens is 1. The molecule has 8 heteroatoms. The van der Waals surface area contributed by atoms with E-state index in [1.54, 1.807) is 0 Å². The van der Waals surface area contributed by atoms with Gasteiger partial charge in [0.2, 0.25) is 5.79 Å². The third-order valence-electron chi connectivity index (χ3n) is 8.84. The minimum absolute atomic E-state index is 0.314. The largest absolute Gasteiger partial charge is 0.494 e. The van der Waals surface area contributed by atoms with Gasteiger partial charge in [-0.05, 0) is 74.4 Å². The van der Waals surface area contributed by atoms with Crippen LogP contribution in [-0.2, 0) is 40.6 Å². The SMILES string of the molecule is CCCCOC[C@]12CO[C@](c3ccc(Cl)c(Cc4ccc(OCC)cc4)c3)(O1)[C@H](OCCCC)[C@@H](OCCCC)[C@@H]2OCCCC. The van der Waals surface area contributed by atoms with E-state index in [9.17, 15) is 0 Å². The van der Waals surface area contributed by atoms with Gasteiger partial charge in [-0.2, -0.15) is 0 Å². The Bertz CT molecular complexity index is 1160. The molecule has 0 saturated carbocycles. The first-order chi connectivity index (χ1) is 22.5. The van der Waals surface area contributed by atoms with Crippen molar-refractivity contribution in [2.24, 2.45) is 0 Å². The Morgan fingerprint density at radius 2 is 1.39 bits per heavy atom. The molecule has 0 spiro atoms. The number of unbranched alkanes of at least 4 members (excludes halogenated alkanes) is 4. The summed E-state index contributed by atoms with van der Waals surface area (Å²) in [4.78, 5) is 0. The molecule has 2 heterocycles. The van der Waals surface area contributed by atoms with Gasteiger partial charge in [0.05, 0.1) is 19.8 Å². The van der Waals surface area contributed by atoms with Crippen molar-refractivity contribution in [3.63, 3.8) is 0 Å². The molecule has 2 aromatic carbocycles. The molecule has 2 aliphatic rings. The van der Waals surface area contributed by atoms with E-state index in [1.807, 2.05) is 31.2 Å². The van der Waals surface area contributed by atoms with E-state index in [0.29, 0.717) is 57.7 Å². The van der Waals surface area contributed by atoms with Crippen LogP contribution >= 0.6 is 11.6 Å². The van der Waals surface area contributed by atoms with Crippen LogP contribution in [0.15, 0.2) is 42.5 Å². The standard InChI is InChI=1S/C38H57ClO7/c1-6-11-21-40-27-37-28-45-38(46-37,31-17-20-33(39)30(26-31)25-29-15-18-32(19-16-29)41-10-5)36(44-24-14-9-4)34(42-22-12-7-2)35(37)43-23-13-8-3/h15-20,26,34-36H,6-14,21-25,27-28H2,1-5H3/t34-,35-,36+,37+,38+/m0/s1. The van der Waals surface area contributed by atoms with Gasteiger partial charge in [-0.15, -0.1) is 0 Å². The smallest absolute Gasteiger partial charge is 0.225 e. The first-order valence-corrected chi connectivity index (χ1v) is 18.1. The summed E-state index contributed by atoms with van der Waals surface area (Å²) >= 11 is 6.83. The van der Waals surface area contributed by atoms with Gasteiger partial charge >= 0.3 is 0 Å². The van der Waals surface area contributed by atoms with Crippen molar-refractivity contribution in [2.45, 2.75) is 122 Å². The van der Waals surface area contributed by atoms with Crippen LogP contribution in [0.1, 0.15) is 103 Å². The summed E-state index contributed by atoms with van der Waals surface area (Å²) < 4.78 is 46.3. The van der Waals surface area contributed by atoms with Crippen molar-refractivity contribution in [3.8, 4) is 5.75 Å². The minimum atomic E-state index is -1.21. The summed E-state index contributed by atoms with van der Waals surface area (Å²) in [6.07, 6.45) is 7.23. The highest BCUT2D eigenvalue weighted by Crippen LogP contribution is 2.53. The number of fused-ring (bicyclic) bond motifs is 2. The lowest BCUT2D eigenvalue weighted by Crippen LogP contribution is -2.68. The van der Waals surface area contributed by atoms with E-state index in [0.717, 1.165) is 73.8 Å². The Kier molecular flexibility index (Phi) is 15.1. The zero-order valence-electron chi connectivity index (χ0n) is 28.8. The average molecular weight is 661 g/mol. The molecule has 2 saturated heterocycles. The maximum atomic E-state index is 7.21. The van der Waals surface area contributed by atoms with Crippen LogP contribution in [0.5, 0.6) is 5.75 Å². The number of hydrogen-bond donors (Lipinski definition) is 0. The Morgan fingerprint density at radius 1 is 0.761 bits per heavy atom. The third kappa shape index (κ3) is 9.04. The molecule has 5 atom stereocenters. The van der Waals surface area contributed by atoms with E-state index in [2.05, 4.69) is 45.9 Å². The second-order valence-corrected chi connectivity index (χ2v) is 13.0. The lowest BCUT2D eigenvalue weighted by Gasteiger charge is -2.51. The Balaban J connectivity index is 1.75. The molecule has 4 rings (SSSR count). The molecule has 46 heavy (non-hydrogen) atoms. The average Bonchev–Trinajstić information content (AvgIpc) is 3.42. The second-order valence-electron chi connectivity index (χ2n) is 12.6. The van der Waals surface area contributed by atoms with Crippen LogP contribution in [-0.4, -0.2) is 70.2 Å². The second kappa shape index (κ2) is 18.7. The Hall–Kier alpha value is -1.71. The maximum absolute atomic E-state index is 7.21. The lowest BCUT2D eigenvalue weighted by molar-refractivity contribution is -0.350. The number of rotatable bonds is 22. The van der Waals surface area contributed by atoms with Gasteiger partial charge in [-0.3, -0.25) is 0 Å². The summed E-state index contributed by atoms with van der Waals surface area (Å²) in [7, 11) is 0. The van der Waals surface area contributed by atoms with E-state index in [4.69, 9.17) is 44.8 Å². The normalized spacial score (nSPS) is 25.7. The van der Waals surface area contributed by atoms with Gasteiger partial charge < -0.3 is 33.2 Å². The van der Waals surface area contributed by atoms with Crippen LogP contribution in [0.3, 0.4) is 0 Å². The molecule has 0 aromatic heterocycles. The summed E-state index contributed by atoms with van der Waals surface area (Å²) in [5, 5.41) is 0.692. The summed E-state index contributed by atoms with van der Waals surface area (Å²) in [5.41, 5.74) is 2.14. The van der Waals surface area contributed by atoms with E-state index in [-0.39, 0.29) is 0 Å². The van der Waals surface area contributed by atoms with Gasteiger partial charge in [-0.1, -0.05) is 83.2 Å². The van der Waals surface area contributed by atoms with Gasteiger partial charge in [0.25, 0.3) is 0 Å². The number of benzene rings is 2. The summed E-state index contributed by atoms with van der Waals surface area (Å²) in [5.74, 6) is -0.351. The molecule has 0 unspecified atom stereocenters. The number of ether oxygens (including phenoxy) is 7. The maximum Gasteiger partial charge on any atom is 0.225 e. The predicted octanol–water partition coefficient (Wildman–Crippen LogP) is 8.65. The first kappa shape index (κ1) is 37.1. The molecule has 0 radical (unpaired) electrons. The van der Waals surface area contributed by atoms with Crippen molar-refractivity contribution in [2.75, 3.05) is 46.2 Å². The van der Waals surface area contributed by atoms with E-state index >= 15 is 0 Å². The molecule has 2 fully saturated rings. The predicted molar refractivity (Wildman–Crippen MR) is 183 cm³/mol. The highest BCUT2D eigenvalue weighted by Gasteiger charge is 2.69. The molecule has 0 amide bonds. The monoisotopic (exact) mass is 660 g/mol. The van der Waals surface area contributed by atoms with Gasteiger partial charge in [0.15, 0.2) is 0 Å². The fourth-order valence-electron chi connectivity index (χ4n) is 6.21. The van der Waals surface area contributed by atoms with E-state index < -0.39 is 29.7 Å². The van der Waals surface area contributed by atoms with Crippen molar-refractivity contribution in [3.05, 3.63) is 64.2 Å². The zero-order valence-corrected chi connectivity index (χ0v) is 29.6. The molecular weight excluding hydrogens is 604 g/mol. The number of hydrogen-bond acceptors (Lipinski definition) is 7. The Morgan fingerprint density at radius 3 is 2.04 bits per heavy atom. The molecule has 258 valence electrons. The molecule has 2 aromatic rings.